The first-order chi connectivity index (χ1) is 11.0. The summed E-state index contributed by atoms with van der Waals surface area (Å²) in [6.07, 6.45) is 7.19. The second-order valence-electron chi connectivity index (χ2n) is 5.77. The molecule has 0 radical (unpaired) electrons. The molecule has 1 saturated carbocycles. The second-order valence-corrected chi connectivity index (χ2v) is 7.50. The molecule has 0 spiro atoms. The van der Waals surface area contributed by atoms with Crippen LogP contribution >= 0.6 is 0 Å². The molecule has 2 N–H and O–H groups in total. The minimum absolute atomic E-state index is 0.213. The molecule has 0 aromatic heterocycles. The minimum Gasteiger partial charge on any atom is -0.313 e. The fraction of sp³-hybridized carbons (Fsp3) is 0.600. The average Bonchev–Trinajstić information content (AvgIpc) is 2.80. The average molecular weight is 341 g/mol. The molecule has 128 valence electrons. The molecule has 0 amide bonds. The maximum Gasteiger partial charge on any atom is 0.289 e. The Labute approximate surface area is 136 Å². The van der Waals surface area contributed by atoms with Crippen LogP contribution < -0.4 is 10.0 Å². The maximum absolute atomic E-state index is 12.2. The van der Waals surface area contributed by atoms with E-state index in [2.05, 4.69) is 10.0 Å². The Morgan fingerprint density at radius 1 is 1.09 bits per heavy atom. The van der Waals surface area contributed by atoms with Crippen LogP contribution in [0.3, 0.4) is 0 Å². The maximum atomic E-state index is 12.2. The van der Waals surface area contributed by atoms with E-state index in [1.165, 1.54) is 49.9 Å². The topological polar surface area (TPSA) is 101 Å². The number of benzene rings is 1. The summed E-state index contributed by atoms with van der Waals surface area (Å²) in [4.78, 5) is 9.96. The Bertz CT molecular complexity index is 625. The summed E-state index contributed by atoms with van der Waals surface area (Å²) < 4.78 is 26.9. The van der Waals surface area contributed by atoms with Gasteiger partial charge in [0.2, 0.25) is 10.0 Å². The highest BCUT2D eigenvalue weighted by atomic mass is 32.2. The summed E-state index contributed by atoms with van der Waals surface area (Å²) in [6.45, 7) is 0.732. The molecule has 0 bridgehead atoms. The van der Waals surface area contributed by atoms with Gasteiger partial charge in [0.25, 0.3) is 5.69 Å². The molecule has 0 unspecified atom stereocenters. The van der Waals surface area contributed by atoms with Gasteiger partial charge in [-0.15, -0.1) is 0 Å². The number of hydrogen-bond donors (Lipinski definition) is 2. The molecule has 1 aliphatic carbocycles. The molecule has 1 aromatic carbocycles. The molecule has 0 heterocycles. The smallest absolute Gasteiger partial charge is 0.289 e. The van der Waals surface area contributed by atoms with Crippen molar-refractivity contribution in [1.82, 2.24) is 10.0 Å². The molecule has 2 rings (SSSR count). The zero-order chi connectivity index (χ0) is 16.7. The first kappa shape index (κ1) is 17.8. The van der Waals surface area contributed by atoms with Gasteiger partial charge in [-0.25, -0.2) is 13.1 Å². The van der Waals surface area contributed by atoms with E-state index in [1.54, 1.807) is 0 Å². The van der Waals surface area contributed by atoms with Crippen LogP contribution in [0.25, 0.3) is 0 Å². The molecule has 7 nitrogen and oxygen atoms in total. The van der Waals surface area contributed by atoms with Gasteiger partial charge in [0.05, 0.1) is 4.92 Å². The number of para-hydroxylation sites is 1. The molecule has 0 aliphatic heterocycles. The predicted molar refractivity (Wildman–Crippen MR) is 87.8 cm³/mol. The van der Waals surface area contributed by atoms with E-state index in [1.807, 2.05) is 0 Å². The quantitative estimate of drug-likeness (QED) is 0.343. The highest BCUT2D eigenvalue weighted by Crippen LogP contribution is 2.22. The number of nitrogens with zero attached hydrogens (tertiary/aromatic N) is 1. The highest BCUT2D eigenvalue weighted by Gasteiger charge is 2.24. The molecule has 23 heavy (non-hydrogen) atoms. The molecule has 8 heteroatoms. The fourth-order valence-electron chi connectivity index (χ4n) is 2.86. The van der Waals surface area contributed by atoms with Gasteiger partial charge in [0, 0.05) is 25.2 Å². The van der Waals surface area contributed by atoms with Gasteiger partial charge in [-0.2, -0.15) is 0 Å². The SMILES string of the molecule is O=[N+]([O-])c1ccccc1S(=O)(=O)NCCNC1CCCCCC1. The molecule has 1 aromatic rings. The van der Waals surface area contributed by atoms with Gasteiger partial charge in [-0.1, -0.05) is 37.8 Å². The number of nitro benzene ring substituents is 1. The zero-order valence-corrected chi connectivity index (χ0v) is 13.8. The van der Waals surface area contributed by atoms with Crippen LogP contribution in [0, 0.1) is 10.1 Å². The summed E-state index contributed by atoms with van der Waals surface area (Å²) in [5.74, 6) is 0. The molecule has 1 aliphatic rings. The lowest BCUT2D eigenvalue weighted by Crippen LogP contribution is -2.37. The third-order valence-corrected chi connectivity index (χ3v) is 5.57. The van der Waals surface area contributed by atoms with Crippen LogP contribution in [0.2, 0.25) is 0 Å². The van der Waals surface area contributed by atoms with Crippen molar-refractivity contribution in [2.45, 2.75) is 49.5 Å². The second kappa shape index (κ2) is 8.37. The Morgan fingerprint density at radius 3 is 2.39 bits per heavy atom. The van der Waals surface area contributed by atoms with Crippen LogP contribution in [0.4, 0.5) is 5.69 Å². The van der Waals surface area contributed by atoms with Gasteiger partial charge < -0.3 is 5.32 Å². The summed E-state index contributed by atoms with van der Waals surface area (Å²) in [6, 6.07) is 5.81. The van der Waals surface area contributed by atoms with E-state index in [-0.39, 0.29) is 11.4 Å². The first-order valence-corrected chi connectivity index (χ1v) is 9.45. The number of nitro groups is 1. The van der Waals surface area contributed by atoms with Crippen molar-refractivity contribution in [2.24, 2.45) is 0 Å². The monoisotopic (exact) mass is 341 g/mol. The van der Waals surface area contributed by atoms with Gasteiger partial charge in [0.1, 0.15) is 0 Å². The lowest BCUT2D eigenvalue weighted by molar-refractivity contribution is -0.387. The Kier molecular flexibility index (Phi) is 6.49. The molecule has 0 saturated heterocycles. The normalized spacial score (nSPS) is 16.9. The van der Waals surface area contributed by atoms with E-state index < -0.39 is 20.6 Å². The summed E-state index contributed by atoms with van der Waals surface area (Å²) in [7, 11) is -3.88. The minimum atomic E-state index is -3.88. The van der Waals surface area contributed by atoms with E-state index in [9.17, 15) is 18.5 Å². The van der Waals surface area contributed by atoms with Gasteiger partial charge >= 0.3 is 0 Å². The number of hydrogen-bond acceptors (Lipinski definition) is 5. The van der Waals surface area contributed by atoms with Crippen molar-refractivity contribution < 1.29 is 13.3 Å². The van der Waals surface area contributed by atoms with Crippen molar-refractivity contribution >= 4 is 15.7 Å². The number of sulfonamides is 1. The Balaban J connectivity index is 1.88. The largest absolute Gasteiger partial charge is 0.313 e. The third-order valence-electron chi connectivity index (χ3n) is 4.06. The first-order valence-electron chi connectivity index (χ1n) is 7.97. The van der Waals surface area contributed by atoms with Gasteiger partial charge in [0.15, 0.2) is 4.90 Å². The summed E-state index contributed by atoms with van der Waals surface area (Å²) in [5, 5.41) is 14.3. The van der Waals surface area contributed by atoms with Crippen LogP contribution in [0.1, 0.15) is 38.5 Å². The summed E-state index contributed by atoms with van der Waals surface area (Å²) in [5.41, 5.74) is -0.406. The van der Waals surface area contributed by atoms with Crippen molar-refractivity contribution in [3.63, 3.8) is 0 Å². The van der Waals surface area contributed by atoms with Crippen LogP contribution in [-0.4, -0.2) is 32.5 Å². The van der Waals surface area contributed by atoms with Crippen LogP contribution in [0.15, 0.2) is 29.2 Å². The lowest BCUT2D eigenvalue weighted by atomic mass is 10.1. The Hall–Kier alpha value is -1.51. The van der Waals surface area contributed by atoms with E-state index in [4.69, 9.17) is 0 Å². The van der Waals surface area contributed by atoms with E-state index >= 15 is 0 Å². The van der Waals surface area contributed by atoms with Crippen molar-refractivity contribution in [1.29, 1.82) is 0 Å². The Morgan fingerprint density at radius 2 is 1.74 bits per heavy atom. The number of rotatable bonds is 7. The lowest BCUT2D eigenvalue weighted by Gasteiger charge is -2.16. The molecule has 1 fully saturated rings. The standard InChI is InChI=1S/C15H23N3O4S/c19-18(20)14-9-5-6-10-15(14)23(21,22)17-12-11-16-13-7-3-1-2-4-8-13/h5-6,9-10,13,16-17H,1-4,7-8,11-12H2. The zero-order valence-electron chi connectivity index (χ0n) is 13.0. The van der Waals surface area contributed by atoms with Crippen molar-refractivity contribution in [2.75, 3.05) is 13.1 Å². The van der Waals surface area contributed by atoms with Crippen LogP contribution in [-0.2, 0) is 10.0 Å². The fourth-order valence-corrected chi connectivity index (χ4v) is 4.06. The van der Waals surface area contributed by atoms with Crippen molar-refractivity contribution in [3.05, 3.63) is 34.4 Å². The predicted octanol–water partition coefficient (Wildman–Crippen LogP) is 2.19. The third kappa shape index (κ3) is 5.26. The highest BCUT2D eigenvalue weighted by molar-refractivity contribution is 7.89. The van der Waals surface area contributed by atoms with Gasteiger partial charge in [-0.3, -0.25) is 10.1 Å². The van der Waals surface area contributed by atoms with Gasteiger partial charge in [-0.05, 0) is 18.9 Å². The number of nitrogens with one attached hydrogen (secondary N) is 2. The molecular formula is C15H23N3O4S. The summed E-state index contributed by atoms with van der Waals surface area (Å²) >= 11 is 0. The van der Waals surface area contributed by atoms with E-state index in [0.29, 0.717) is 12.6 Å². The van der Waals surface area contributed by atoms with Crippen molar-refractivity contribution in [3.8, 4) is 0 Å². The molecular weight excluding hydrogens is 318 g/mol. The molecule has 0 atom stereocenters. The van der Waals surface area contributed by atoms with Crippen LogP contribution in [0.5, 0.6) is 0 Å². The van der Waals surface area contributed by atoms with E-state index in [0.717, 1.165) is 12.8 Å².